The van der Waals surface area contributed by atoms with Gasteiger partial charge in [0, 0.05) is 18.2 Å². The van der Waals surface area contributed by atoms with Crippen LogP contribution < -0.4 is 5.73 Å². The highest BCUT2D eigenvalue weighted by atomic mass is 32.1. The highest BCUT2D eigenvalue weighted by Gasteiger charge is 2.02. The van der Waals surface area contributed by atoms with E-state index in [4.69, 9.17) is 10.8 Å². The molecule has 9 heavy (non-hydrogen) atoms. The Balaban J connectivity index is 3.16. The summed E-state index contributed by atoms with van der Waals surface area (Å²) in [7, 11) is 0. The Bertz CT molecular complexity index is 97.0. The molecular formula is C5H11NO2S. The SMILES string of the molecule is N[C@@H](CS)CCC(=O)O. The van der Waals surface area contributed by atoms with Crippen molar-refractivity contribution in [3.63, 3.8) is 0 Å². The average molecular weight is 149 g/mol. The molecule has 0 bridgehead atoms. The molecule has 0 aromatic heterocycles. The molecule has 0 heterocycles. The van der Waals surface area contributed by atoms with Crippen LogP contribution in [0.15, 0.2) is 0 Å². The van der Waals surface area contributed by atoms with E-state index in [1.807, 2.05) is 0 Å². The summed E-state index contributed by atoms with van der Waals surface area (Å²) in [5, 5.41) is 8.18. The molecule has 0 aromatic rings. The van der Waals surface area contributed by atoms with Gasteiger partial charge in [-0.2, -0.15) is 12.6 Å². The first kappa shape index (κ1) is 8.78. The maximum Gasteiger partial charge on any atom is 0.303 e. The van der Waals surface area contributed by atoms with Gasteiger partial charge >= 0.3 is 5.97 Å². The molecule has 0 radical (unpaired) electrons. The summed E-state index contributed by atoms with van der Waals surface area (Å²) in [5.41, 5.74) is 5.38. The van der Waals surface area contributed by atoms with E-state index in [1.54, 1.807) is 0 Å². The van der Waals surface area contributed by atoms with Gasteiger partial charge in [0.1, 0.15) is 0 Å². The van der Waals surface area contributed by atoms with Crippen molar-refractivity contribution in [3.8, 4) is 0 Å². The average Bonchev–Trinajstić information content (AvgIpc) is 1.83. The molecule has 0 spiro atoms. The van der Waals surface area contributed by atoms with E-state index in [0.717, 1.165) is 0 Å². The van der Waals surface area contributed by atoms with Crippen molar-refractivity contribution in [2.75, 3.05) is 5.75 Å². The predicted octanol–water partition coefficient (Wildman–Crippen LogP) is 0.108. The number of carbonyl (C=O) groups is 1. The van der Waals surface area contributed by atoms with Crippen LogP contribution >= 0.6 is 12.6 Å². The third-order valence-electron chi connectivity index (χ3n) is 0.964. The molecule has 3 nitrogen and oxygen atoms in total. The van der Waals surface area contributed by atoms with E-state index in [-0.39, 0.29) is 12.5 Å². The van der Waals surface area contributed by atoms with Crippen molar-refractivity contribution < 1.29 is 9.90 Å². The fourth-order valence-corrected chi connectivity index (χ4v) is 0.583. The van der Waals surface area contributed by atoms with E-state index < -0.39 is 5.97 Å². The fraction of sp³-hybridized carbons (Fsp3) is 0.800. The first-order chi connectivity index (χ1) is 4.16. The molecule has 0 saturated carbocycles. The van der Waals surface area contributed by atoms with Gasteiger partial charge in [-0.05, 0) is 6.42 Å². The zero-order chi connectivity index (χ0) is 7.28. The van der Waals surface area contributed by atoms with Crippen LogP contribution in [-0.4, -0.2) is 22.9 Å². The van der Waals surface area contributed by atoms with Crippen LogP contribution in [0.5, 0.6) is 0 Å². The third-order valence-corrected chi connectivity index (χ3v) is 1.43. The molecule has 0 aliphatic rings. The summed E-state index contributed by atoms with van der Waals surface area (Å²) in [6.45, 7) is 0. The van der Waals surface area contributed by atoms with Gasteiger partial charge in [-0.25, -0.2) is 0 Å². The fourth-order valence-electron chi connectivity index (χ4n) is 0.400. The Morgan fingerprint density at radius 3 is 2.67 bits per heavy atom. The lowest BCUT2D eigenvalue weighted by molar-refractivity contribution is -0.137. The Morgan fingerprint density at radius 2 is 2.33 bits per heavy atom. The van der Waals surface area contributed by atoms with Crippen molar-refractivity contribution in [2.45, 2.75) is 18.9 Å². The summed E-state index contributed by atoms with van der Waals surface area (Å²) in [4.78, 5) is 9.94. The quantitative estimate of drug-likeness (QED) is 0.497. The first-order valence-corrected chi connectivity index (χ1v) is 3.38. The lowest BCUT2D eigenvalue weighted by Crippen LogP contribution is -2.22. The number of nitrogens with two attached hydrogens (primary N) is 1. The summed E-state index contributed by atoms with van der Waals surface area (Å²) in [6, 6.07) is -0.0792. The largest absolute Gasteiger partial charge is 0.481 e. The van der Waals surface area contributed by atoms with Crippen molar-refractivity contribution in [1.82, 2.24) is 0 Å². The number of carboxylic acid groups (broad SMARTS) is 1. The molecule has 54 valence electrons. The smallest absolute Gasteiger partial charge is 0.303 e. The lowest BCUT2D eigenvalue weighted by atomic mass is 10.2. The van der Waals surface area contributed by atoms with E-state index >= 15 is 0 Å². The lowest BCUT2D eigenvalue weighted by Gasteiger charge is -2.03. The van der Waals surface area contributed by atoms with Gasteiger partial charge in [-0.15, -0.1) is 0 Å². The second kappa shape index (κ2) is 4.64. The molecule has 0 saturated heterocycles. The van der Waals surface area contributed by atoms with Gasteiger partial charge in [-0.1, -0.05) is 0 Å². The molecule has 0 aliphatic heterocycles. The van der Waals surface area contributed by atoms with Crippen LogP contribution in [0.1, 0.15) is 12.8 Å². The summed E-state index contributed by atoms with van der Waals surface area (Å²) < 4.78 is 0. The first-order valence-electron chi connectivity index (χ1n) is 2.75. The van der Waals surface area contributed by atoms with Crippen LogP contribution in [0.2, 0.25) is 0 Å². The molecule has 0 aliphatic carbocycles. The van der Waals surface area contributed by atoms with E-state index in [0.29, 0.717) is 12.2 Å². The highest BCUT2D eigenvalue weighted by molar-refractivity contribution is 7.80. The minimum atomic E-state index is -0.799. The van der Waals surface area contributed by atoms with Gasteiger partial charge in [0.05, 0.1) is 0 Å². The molecule has 0 amide bonds. The zero-order valence-corrected chi connectivity index (χ0v) is 5.97. The van der Waals surface area contributed by atoms with E-state index in [1.165, 1.54) is 0 Å². The zero-order valence-electron chi connectivity index (χ0n) is 5.08. The Labute approximate surface area is 59.6 Å². The minimum Gasteiger partial charge on any atom is -0.481 e. The molecule has 0 rings (SSSR count). The van der Waals surface area contributed by atoms with Gasteiger partial charge in [0.2, 0.25) is 0 Å². The topological polar surface area (TPSA) is 63.3 Å². The molecule has 3 N–H and O–H groups in total. The number of hydrogen-bond donors (Lipinski definition) is 3. The van der Waals surface area contributed by atoms with Crippen molar-refractivity contribution in [3.05, 3.63) is 0 Å². The number of carboxylic acids is 1. The highest BCUT2D eigenvalue weighted by Crippen LogP contribution is 1.95. The molecule has 1 atom stereocenters. The van der Waals surface area contributed by atoms with E-state index in [9.17, 15) is 4.79 Å². The van der Waals surface area contributed by atoms with Gasteiger partial charge in [0.25, 0.3) is 0 Å². The second-order valence-electron chi connectivity index (χ2n) is 1.88. The molecule has 0 unspecified atom stereocenters. The third kappa shape index (κ3) is 5.65. The molecule has 4 heteroatoms. The maximum atomic E-state index is 9.94. The minimum absolute atomic E-state index is 0.0792. The Kier molecular flexibility index (Phi) is 4.53. The number of thiol groups is 1. The van der Waals surface area contributed by atoms with Crippen LogP contribution in [-0.2, 0) is 4.79 Å². The van der Waals surface area contributed by atoms with Gasteiger partial charge in [0.15, 0.2) is 0 Å². The number of aliphatic carboxylic acids is 1. The van der Waals surface area contributed by atoms with Crippen LogP contribution in [0, 0.1) is 0 Å². The van der Waals surface area contributed by atoms with Crippen molar-refractivity contribution >= 4 is 18.6 Å². The molecule has 0 fully saturated rings. The Hall–Kier alpha value is -0.220. The van der Waals surface area contributed by atoms with Gasteiger partial charge in [-0.3, -0.25) is 4.79 Å². The van der Waals surface area contributed by atoms with Crippen molar-refractivity contribution in [1.29, 1.82) is 0 Å². The van der Waals surface area contributed by atoms with Gasteiger partial charge < -0.3 is 10.8 Å². The Morgan fingerprint density at radius 1 is 1.78 bits per heavy atom. The monoisotopic (exact) mass is 149 g/mol. The summed E-state index contributed by atoms with van der Waals surface area (Å²) >= 11 is 3.90. The standard InChI is InChI=1S/C5H11NO2S/c6-4(3-9)1-2-5(7)8/h4,9H,1-3,6H2,(H,7,8)/t4-/m1/s1. The summed E-state index contributed by atoms with van der Waals surface area (Å²) in [6.07, 6.45) is 0.653. The van der Waals surface area contributed by atoms with Crippen LogP contribution in [0.4, 0.5) is 0 Å². The number of hydrogen-bond acceptors (Lipinski definition) is 3. The van der Waals surface area contributed by atoms with E-state index in [2.05, 4.69) is 12.6 Å². The van der Waals surface area contributed by atoms with Crippen LogP contribution in [0.25, 0.3) is 0 Å². The summed E-state index contributed by atoms with van der Waals surface area (Å²) in [5.74, 6) is -0.250. The molecular weight excluding hydrogens is 138 g/mol. The normalized spacial score (nSPS) is 13.1. The molecule has 0 aromatic carbocycles. The van der Waals surface area contributed by atoms with Crippen LogP contribution in [0.3, 0.4) is 0 Å². The number of rotatable bonds is 4. The second-order valence-corrected chi connectivity index (χ2v) is 2.24. The predicted molar refractivity (Wildman–Crippen MR) is 38.7 cm³/mol. The van der Waals surface area contributed by atoms with Crippen molar-refractivity contribution in [2.24, 2.45) is 5.73 Å². The maximum absolute atomic E-state index is 9.94.